The monoisotopic (exact) mass is 312 g/mol. The lowest BCUT2D eigenvalue weighted by atomic mass is 10.1. The van der Waals surface area contributed by atoms with Gasteiger partial charge < -0.3 is 0 Å². The Morgan fingerprint density at radius 1 is 1.10 bits per heavy atom. The number of thioether (sulfide) groups is 1. The summed E-state index contributed by atoms with van der Waals surface area (Å²) in [4.78, 5) is 12.7. The standard InChI is InChI=1S/C15H11ClF2OS/c16-11-2-1-3-15(7-11)20-9-14(19)6-10-4-12(17)8-13(18)5-10/h1-5,7-8H,6,9H2. The van der Waals surface area contributed by atoms with Crippen LogP contribution in [0.4, 0.5) is 8.78 Å². The number of halogens is 3. The van der Waals surface area contributed by atoms with Crippen molar-refractivity contribution in [1.29, 1.82) is 0 Å². The van der Waals surface area contributed by atoms with E-state index < -0.39 is 11.6 Å². The van der Waals surface area contributed by atoms with Gasteiger partial charge in [0.05, 0.1) is 5.75 Å². The fourth-order valence-electron chi connectivity index (χ4n) is 1.71. The number of carbonyl (C=O) groups is 1. The molecule has 5 heteroatoms. The fourth-order valence-corrected chi connectivity index (χ4v) is 2.78. The third kappa shape index (κ3) is 4.62. The number of Topliss-reactive ketones (excluding diaryl/α,β-unsaturated/α-hetero) is 1. The third-order valence-electron chi connectivity index (χ3n) is 2.52. The minimum absolute atomic E-state index is 0.0161. The van der Waals surface area contributed by atoms with Gasteiger partial charge in [-0.25, -0.2) is 8.78 Å². The second kappa shape index (κ2) is 6.86. The van der Waals surface area contributed by atoms with Gasteiger partial charge in [0, 0.05) is 22.4 Å². The van der Waals surface area contributed by atoms with E-state index in [1.807, 2.05) is 6.07 Å². The molecule has 0 saturated heterocycles. The van der Waals surface area contributed by atoms with Crippen LogP contribution in [-0.4, -0.2) is 11.5 Å². The third-order valence-corrected chi connectivity index (χ3v) is 3.81. The highest BCUT2D eigenvalue weighted by Crippen LogP contribution is 2.22. The first kappa shape index (κ1) is 15.0. The van der Waals surface area contributed by atoms with Crippen molar-refractivity contribution in [3.8, 4) is 0 Å². The number of rotatable bonds is 5. The number of hydrogen-bond donors (Lipinski definition) is 0. The van der Waals surface area contributed by atoms with Crippen molar-refractivity contribution >= 4 is 29.1 Å². The summed E-state index contributed by atoms with van der Waals surface area (Å²) in [5, 5.41) is 0.606. The summed E-state index contributed by atoms with van der Waals surface area (Å²) in [6.45, 7) is 0. The smallest absolute Gasteiger partial charge is 0.147 e. The molecule has 0 heterocycles. The molecule has 0 amide bonds. The summed E-state index contributed by atoms with van der Waals surface area (Å²) in [6.07, 6.45) is 0.0161. The largest absolute Gasteiger partial charge is 0.298 e. The van der Waals surface area contributed by atoms with Gasteiger partial charge in [-0.05, 0) is 35.9 Å². The normalized spacial score (nSPS) is 10.6. The van der Waals surface area contributed by atoms with Gasteiger partial charge >= 0.3 is 0 Å². The molecule has 0 atom stereocenters. The van der Waals surface area contributed by atoms with E-state index in [1.165, 1.54) is 23.9 Å². The Morgan fingerprint density at radius 2 is 1.80 bits per heavy atom. The van der Waals surface area contributed by atoms with E-state index in [1.54, 1.807) is 18.2 Å². The van der Waals surface area contributed by atoms with Gasteiger partial charge in [-0.2, -0.15) is 0 Å². The van der Waals surface area contributed by atoms with Crippen LogP contribution in [0.25, 0.3) is 0 Å². The fraction of sp³-hybridized carbons (Fsp3) is 0.133. The summed E-state index contributed by atoms with van der Waals surface area (Å²) in [7, 11) is 0. The van der Waals surface area contributed by atoms with Crippen LogP contribution in [0.2, 0.25) is 5.02 Å². The average molecular weight is 313 g/mol. The van der Waals surface area contributed by atoms with Gasteiger partial charge in [-0.15, -0.1) is 11.8 Å². The van der Waals surface area contributed by atoms with Crippen molar-refractivity contribution in [3.05, 3.63) is 64.7 Å². The Balaban J connectivity index is 1.92. The minimum atomic E-state index is -0.671. The number of hydrogen-bond acceptors (Lipinski definition) is 2. The van der Waals surface area contributed by atoms with Gasteiger partial charge in [-0.3, -0.25) is 4.79 Å². The predicted octanol–water partition coefficient (Wildman–Crippen LogP) is 4.52. The van der Waals surface area contributed by atoms with Crippen LogP contribution in [0.3, 0.4) is 0 Å². The van der Waals surface area contributed by atoms with E-state index in [2.05, 4.69) is 0 Å². The molecule has 104 valence electrons. The molecular weight excluding hydrogens is 302 g/mol. The molecule has 0 N–H and O–H groups in total. The minimum Gasteiger partial charge on any atom is -0.298 e. The molecule has 0 radical (unpaired) electrons. The Bertz CT molecular complexity index is 611. The molecule has 0 saturated carbocycles. The molecule has 1 nitrogen and oxygen atoms in total. The first-order chi connectivity index (χ1) is 9.52. The maximum atomic E-state index is 13.0. The molecule has 0 fully saturated rings. The summed E-state index contributed by atoms with van der Waals surface area (Å²) >= 11 is 7.19. The van der Waals surface area contributed by atoms with Gasteiger partial charge in [0.2, 0.25) is 0 Å². The lowest BCUT2D eigenvalue weighted by Gasteiger charge is -2.03. The first-order valence-corrected chi connectivity index (χ1v) is 7.24. The molecule has 0 unspecified atom stereocenters. The van der Waals surface area contributed by atoms with Crippen molar-refractivity contribution in [2.75, 3.05) is 5.75 Å². The van der Waals surface area contributed by atoms with Crippen molar-refractivity contribution < 1.29 is 13.6 Å². The zero-order chi connectivity index (χ0) is 14.5. The zero-order valence-corrected chi connectivity index (χ0v) is 12.0. The average Bonchev–Trinajstić information content (AvgIpc) is 2.35. The molecule has 0 aliphatic carbocycles. The van der Waals surface area contributed by atoms with Crippen LogP contribution in [0.15, 0.2) is 47.4 Å². The van der Waals surface area contributed by atoms with Crippen molar-refractivity contribution in [2.45, 2.75) is 11.3 Å². The van der Waals surface area contributed by atoms with Crippen LogP contribution in [0.1, 0.15) is 5.56 Å². The van der Waals surface area contributed by atoms with E-state index in [0.717, 1.165) is 11.0 Å². The summed E-state index contributed by atoms with van der Waals surface area (Å²) in [5.74, 6) is -1.20. The van der Waals surface area contributed by atoms with E-state index in [4.69, 9.17) is 11.6 Å². The summed E-state index contributed by atoms with van der Waals surface area (Å²) in [5.41, 5.74) is 0.346. The van der Waals surface area contributed by atoms with Gasteiger partial charge in [0.1, 0.15) is 17.4 Å². The second-order valence-corrected chi connectivity index (χ2v) is 5.72. The lowest BCUT2D eigenvalue weighted by Crippen LogP contribution is -2.06. The molecule has 2 aromatic rings. The van der Waals surface area contributed by atoms with Gasteiger partial charge in [-0.1, -0.05) is 17.7 Å². The lowest BCUT2D eigenvalue weighted by molar-refractivity contribution is -0.116. The van der Waals surface area contributed by atoms with Crippen LogP contribution in [-0.2, 0) is 11.2 Å². The second-order valence-electron chi connectivity index (χ2n) is 4.24. The topological polar surface area (TPSA) is 17.1 Å². The quantitative estimate of drug-likeness (QED) is 0.755. The summed E-state index contributed by atoms with van der Waals surface area (Å²) in [6, 6.07) is 10.3. The highest BCUT2D eigenvalue weighted by atomic mass is 35.5. The predicted molar refractivity (Wildman–Crippen MR) is 77.2 cm³/mol. The van der Waals surface area contributed by atoms with E-state index >= 15 is 0 Å². The molecule has 20 heavy (non-hydrogen) atoms. The van der Waals surface area contributed by atoms with Crippen molar-refractivity contribution in [2.24, 2.45) is 0 Å². The number of benzene rings is 2. The van der Waals surface area contributed by atoms with Crippen LogP contribution >= 0.6 is 23.4 Å². The molecule has 0 aliphatic heterocycles. The summed E-state index contributed by atoms with van der Waals surface area (Å²) < 4.78 is 26.0. The molecule has 0 spiro atoms. The maximum Gasteiger partial charge on any atom is 0.147 e. The molecule has 0 bridgehead atoms. The highest BCUT2D eigenvalue weighted by Gasteiger charge is 2.08. The number of carbonyl (C=O) groups excluding carboxylic acids is 1. The molecule has 2 aromatic carbocycles. The number of ketones is 1. The molecule has 2 rings (SSSR count). The molecular formula is C15H11ClF2OS. The zero-order valence-electron chi connectivity index (χ0n) is 10.4. The first-order valence-electron chi connectivity index (χ1n) is 5.88. The molecule has 0 aromatic heterocycles. The van der Waals surface area contributed by atoms with Crippen LogP contribution in [0, 0.1) is 11.6 Å². The Morgan fingerprint density at radius 3 is 2.45 bits per heavy atom. The highest BCUT2D eigenvalue weighted by molar-refractivity contribution is 8.00. The van der Waals surface area contributed by atoms with E-state index in [-0.39, 0.29) is 18.0 Å². The SMILES string of the molecule is O=C(CSc1cccc(Cl)c1)Cc1cc(F)cc(F)c1. The Labute approximate surface area is 125 Å². The van der Waals surface area contributed by atoms with Crippen molar-refractivity contribution in [1.82, 2.24) is 0 Å². The van der Waals surface area contributed by atoms with E-state index in [0.29, 0.717) is 10.6 Å². The van der Waals surface area contributed by atoms with Crippen molar-refractivity contribution in [3.63, 3.8) is 0 Å². The Kier molecular flexibility index (Phi) is 5.15. The van der Waals surface area contributed by atoms with Gasteiger partial charge in [0.15, 0.2) is 0 Å². The van der Waals surface area contributed by atoms with Crippen LogP contribution in [0.5, 0.6) is 0 Å². The Hall–Kier alpha value is -1.39. The molecule has 0 aliphatic rings. The van der Waals surface area contributed by atoms with Crippen LogP contribution < -0.4 is 0 Å². The van der Waals surface area contributed by atoms with E-state index in [9.17, 15) is 13.6 Å². The van der Waals surface area contributed by atoms with Gasteiger partial charge in [0.25, 0.3) is 0 Å². The maximum absolute atomic E-state index is 13.0.